The molecule has 0 saturated carbocycles. The van der Waals surface area contributed by atoms with Gasteiger partial charge >= 0.3 is 5.97 Å². The molecule has 3 rings (SSSR count). The first-order valence-electron chi connectivity index (χ1n) is 6.04. The number of rotatable bonds is 4. The van der Waals surface area contributed by atoms with Crippen molar-refractivity contribution in [2.45, 2.75) is 13.0 Å². The molecule has 0 amide bonds. The maximum atomic E-state index is 10.9. The van der Waals surface area contributed by atoms with Gasteiger partial charge in [-0.25, -0.2) is 9.48 Å². The summed E-state index contributed by atoms with van der Waals surface area (Å²) in [5.41, 5.74) is 1.58. The van der Waals surface area contributed by atoms with Crippen LogP contribution in [0.5, 0.6) is 0 Å². The van der Waals surface area contributed by atoms with Crippen LogP contribution in [0.25, 0.3) is 11.0 Å². The lowest BCUT2D eigenvalue weighted by molar-refractivity contribution is 0.0697. The maximum absolute atomic E-state index is 10.9. The molecule has 3 aromatic rings. The molecule has 8 heteroatoms. The Bertz CT molecular complexity index is 775. The van der Waals surface area contributed by atoms with Crippen molar-refractivity contribution in [3.8, 4) is 0 Å². The highest BCUT2D eigenvalue weighted by atomic mass is 16.4. The van der Waals surface area contributed by atoms with Gasteiger partial charge in [-0.1, -0.05) is 5.21 Å². The van der Waals surface area contributed by atoms with Gasteiger partial charge in [-0.05, 0) is 18.2 Å². The van der Waals surface area contributed by atoms with Gasteiger partial charge in [0, 0.05) is 13.5 Å². The third-order valence-electron chi connectivity index (χ3n) is 3.11. The van der Waals surface area contributed by atoms with Crippen LogP contribution in [0, 0.1) is 0 Å². The van der Waals surface area contributed by atoms with Gasteiger partial charge in [0.2, 0.25) is 0 Å². The predicted molar refractivity (Wildman–Crippen MR) is 69.2 cm³/mol. The third-order valence-corrected chi connectivity index (χ3v) is 3.11. The summed E-state index contributed by atoms with van der Waals surface area (Å²) in [6.45, 7) is 0.607. The molecule has 1 aromatic carbocycles. The van der Waals surface area contributed by atoms with Crippen LogP contribution in [-0.4, -0.2) is 40.8 Å². The molecule has 8 nitrogen and oxygen atoms in total. The number of benzene rings is 1. The molecule has 1 N–H and O–H groups in total. The second-order valence-corrected chi connectivity index (χ2v) is 4.43. The van der Waals surface area contributed by atoms with Crippen LogP contribution in [0.2, 0.25) is 0 Å². The molecule has 0 fully saturated rings. The van der Waals surface area contributed by atoms with E-state index in [0.29, 0.717) is 18.5 Å². The summed E-state index contributed by atoms with van der Waals surface area (Å²) in [5.74, 6) is -0.114. The first-order chi connectivity index (χ1) is 9.65. The van der Waals surface area contributed by atoms with Crippen molar-refractivity contribution < 1.29 is 9.90 Å². The zero-order chi connectivity index (χ0) is 14.1. The first-order valence-corrected chi connectivity index (χ1v) is 6.04. The minimum atomic E-state index is -0.972. The number of carboxylic acid groups (broad SMARTS) is 1. The SMILES string of the molecule is Cn1cnnc1CCn1nnc2cc(C(=O)O)ccc21. The monoisotopic (exact) mass is 272 g/mol. The maximum Gasteiger partial charge on any atom is 0.335 e. The van der Waals surface area contributed by atoms with Crippen LogP contribution < -0.4 is 0 Å². The third kappa shape index (κ3) is 2.11. The van der Waals surface area contributed by atoms with E-state index in [1.807, 2.05) is 11.6 Å². The minimum Gasteiger partial charge on any atom is -0.478 e. The highest BCUT2D eigenvalue weighted by Gasteiger charge is 2.10. The molecular formula is C12H12N6O2. The Balaban J connectivity index is 1.85. The lowest BCUT2D eigenvalue weighted by atomic mass is 10.2. The molecule has 0 aliphatic carbocycles. The zero-order valence-electron chi connectivity index (χ0n) is 10.8. The average molecular weight is 272 g/mol. The summed E-state index contributed by atoms with van der Waals surface area (Å²) in [4.78, 5) is 10.9. The number of aromatic nitrogens is 6. The lowest BCUT2D eigenvalue weighted by Crippen LogP contribution is -2.07. The van der Waals surface area contributed by atoms with Gasteiger partial charge in [-0.15, -0.1) is 15.3 Å². The quantitative estimate of drug-likeness (QED) is 0.742. The Morgan fingerprint density at radius 2 is 2.20 bits per heavy atom. The van der Waals surface area contributed by atoms with E-state index in [1.54, 1.807) is 23.1 Å². The standard InChI is InChI=1S/C12H12N6O2/c1-17-7-13-15-11(17)4-5-18-10-3-2-8(12(19)20)6-9(10)14-16-18/h2-3,6-7H,4-5H2,1H3,(H,19,20). The Kier molecular flexibility index (Phi) is 2.90. The molecule has 0 saturated heterocycles. The van der Waals surface area contributed by atoms with Crippen molar-refractivity contribution in [2.75, 3.05) is 0 Å². The minimum absolute atomic E-state index is 0.206. The van der Waals surface area contributed by atoms with Crippen molar-refractivity contribution in [2.24, 2.45) is 7.05 Å². The van der Waals surface area contributed by atoms with Crippen molar-refractivity contribution in [3.05, 3.63) is 35.9 Å². The number of nitrogens with zero attached hydrogens (tertiary/aromatic N) is 6. The molecule has 0 radical (unpaired) electrons. The van der Waals surface area contributed by atoms with Gasteiger partial charge < -0.3 is 9.67 Å². The van der Waals surface area contributed by atoms with E-state index >= 15 is 0 Å². The average Bonchev–Trinajstić information content (AvgIpc) is 3.02. The summed E-state index contributed by atoms with van der Waals surface area (Å²) in [5, 5.41) is 24.8. The Labute approximate surface area is 113 Å². The van der Waals surface area contributed by atoms with Crippen LogP contribution >= 0.6 is 0 Å². The van der Waals surface area contributed by atoms with Gasteiger partial charge in [-0.3, -0.25) is 0 Å². The van der Waals surface area contributed by atoms with Gasteiger partial charge in [0.1, 0.15) is 17.7 Å². The molecule has 20 heavy (non-hydrogen) atoms. The topological polar surface area (TPSA) is 98.7 Å². The van der Waals surface area contributed by atoms with Crippen molar-refractivity contribution in [1.29, 1.82) is 0 Å². The number of carbonyl (C=O) groups is 1. The lowest BCUT2D eigenvalue weighted by Gasteiger charge is -2.02. The van der Waals surface area contributed by atoms with Crippen LogP contribution in [-0.2, 0) is 20.0 Å². The Morgan fingerprint density at radius 1 is 1.35 bits per heavy atom. The van der Waals surface area contributed by atoms with Crippen LogP contribution in [0.15, 0.2) is 24.5 Å². The number of aryl methyl sites for hydroxylation is 3. The summed E-state index contributed by atoms with van der Waals surface area (Å²) >= 11 is 0. The highest BCUT2D eigenvalue weighted by molar-refractivity contribution is 5.92. The smallest absolute Gasteiger partial charge is 0.335 e. The van der Waals surface area contributed by atoms with E-state index in [9.17, 15) is 4.79 Å². The molecule has 102 valence electrons. The fourth-order valence-corrected chi connectivity index (χ4v) is 2.01. The van der Waals surface area contributed by atoms with Gasteiger partial charge in [0.05, 0.1) is 17.6 Å². The molecule has 2 aromatic heterocycles. The van der Waals surface area contributed by atoms with E-state index in [1.165, 1.54) is 6.07 Å². The van der Waals surface area contributed by atoms with E-state index in [0.717, 1.165) is 11.3 Å². The van der Waals surface area contributed by atoms with E-state index < -0.39 is 5.97 Å². The van der Waals surface area contributed by atoms with E-state index in [-0.39, 0.29) is 5.56 Å². The first kappa shape index (κ1) is 12.3. The number of fused-ring (bicyclic) bond motifs is 1. The number of hydrogen-bond donors (Lipinski definition) is 1. The molecule has 0 atom stereocenters. The predicted octanol–water partition coefficient (Wildman–Crippen LogP) is 0.501. The van der Waals surface area contributed by atoms with Gasteiger partial charge in [0.15, 0.2) is 0 Å². The van der Waals surface area contributed by atoms with Gasteiger partial charge in [-0.2, -0.15) is 0 Å². The summed E-state index contributed by atoms with van der Waals surface area (Å²) in [6, 6.07) is 4.78. The zero-order valence-corrected chi connectivity index (χ0v) is 10.8. The van der Waals surface area contributed by atoms with E-state index in [4.69, 9.17) is 5.11 Å². The van der Waals surface area contributed by atoms with Crippen LogP contribution in [0.4, 0.5) is 0 Å². The molecule has 0 bridgehead atoms. The number of hydrogen-bond acceptors (Lipinski definition) is 5. The highest BCUT2D eigenvalue weighted by Crippen LogP contribution is 2.14. The molecular weight excluding hydrogens is 260 g/mol. The van der Waals surface area contributed by atoms with Crippen molar-refractivity contribution in [3.63, 3.8) is 0 Å². The summed E-state index contributed by atoms with van der Waals surface area (Å²) < 4.78 is 3.58. The fourth-order valence-electron chi connectivity index (χ4n) is 2.01. The number of carboxylic acids is 1. The molecule has 0 aliphatic rings. The largest absolute Gasteiger partial charge is 0.478 e. The number of aromatic carboxylic acids is 1. The van der Waals surface area contributed by atoms with Crippen LogP contribution in [0.3, 0.4) is 0 Å². The molecule has 0 spiro atoms. The van der Waals surface area contributed by atoms with Crippen molar-refractivity contribution in [1.82, 2.24) is 29.8 Å². The van der Waals surface area contributed by atoms with Gasteiger partial charge in [0.25, 0.3) is 0 Å². The second kappa shape index (κ2) is 4.72. The fraction of sp³-hybridized carbons (Fsp3) is 0.250. The Hall–Kier alpha value is -2.77. The van der Waals surface area contributed by atoms with Crippen molar-refractivity contribution >= 4 is 17.0 Å². The van der Waals surface area contributed by atoms with Crippen LogP contribution in [0.1, 0.15) is 16.2 Å². The molecule has 0 unspecified atom stereocenters. The molecule has 0 aliphatic heterocycles. The summed E-state index contributed by atoms with van der Waals surface area (Å²) in [6.07, 6.45) is 2.32. The van der Waals surface area contributed by atoms with E-state index in [2.05, 4.69) is 20.5 Å². The normalized spacial score (nSPS) is 11.1. The second-order valence-electron chi connectivity index (χ2n) is 4.43. The molecule has 2 heterocycles. The Morgan fingerprint density at radius 3 is 2.90 bits per heavy atom. The summed E-state index contributed by atoms with van der Waals surface area (Å²) in [7, 11) is 1.88.